The number of hydrogen-bond donors (Lipinski definition) is 2. The molecule has 0 fully saturated rings. The van der Waals surface area contributed by atoms with Crippen LogP contribution < -0.4 is 11.5 Å². The molecule has 0 heterocycles. The average molecular weight is 326 g/mol. The van der Waals surface area contributed by atoms with Gasteiger partial charge >= 0.3 is 0 Å². The van der Waals surface area contributed by atoms with Crippen LogP contribution in [0.4, 0.5) is 0 Å². The highest BCUT2D eigenvalue weighted by atomic mass is 15.1. The zero-order chi connectivity index (χ0) is 17.0. The Morgan fingerprint density at radius 2 is 1.13 bits per heavy atom. The molecule has 3 nitrogen and oxygen atoms in total. The van der Waals surface area contributed by atoms with Gasteiger partial charge in [0.15, 0.2) is 0 Å². The van der Waals surface area contributed by atoms with Crippen LogP contribution in [0, 0.1) is 0 Å². The Labute approximate surface area is 145 Å². The van der Waals surface area contributed by atoms with Crippen LogP contribution in [0.2, 0.25) is 0 Å². The maximum Gasteiger partial charge on any atom is 0.0184 e. The highest BCUT2D eigenvalue weighted by Gasteiger charge is 1.99. The van der Waals surface area contributed by atoms with Crippen LogP contribution in [0.15, 0.2) is 12.3 Å². The summed E-state index contributed by atoms with van der Waals surface area (Å²) in [6.07, 6.45) is 22.1. The van der Waals surface area contributed by atoms with Crippen molar-refractivity contribution in [3.05, 3.63) is 12.3 Å². The van der Waals surface area contributed by atoms with Crippen LogP contribution in [0.1, 0.15) is 90.4 Å². The Hall–Kier alpha value is -0.540. The van der Waals surface area contributed by atoms with E-state index in [4.69, 9.17) is 11.5 Å². The Kier molecular flexibility index (Phi) is 19.0. The van der Waals surface area contributed by atoms with E-state index in [1.165, 1.54) is 77.0 Å². The maximum absolute atomic E-state index is 5.60. The molecule has 0 atom stereocenters. The number of unbranched alkanes of at least 4 members (excludes halogenated alkanes) is 11. The average Bonchev–Trinajstić information content (AvgIpc) is 2.57. The molecular weight excluding hydrogens is 282 g/mol. The van der Waals surface area contributed by atoms with Crippen molar-refractivity contribution in [1.82, 2.24) is 4.90 Å². The monoisotopic (exact) mass is 325 g/mol. The molecule has 0 amide bonds. The Bertz CT molecular complexity index is 241. The van der Waals surface area contributed by atoms with E-state index in [1.54, 1.807) is 0 Å². The van der Waals surface area contributed by atoms with Crippen molar-refractivity contribution >= 4 is 0 Å². The summed E-state index contributed by atoms with van der Waals surface area (Å²) in [6.45, 7) is 5.88. The molecular formula is C20H43N3. The number of hydrogen-bond acceptors (Lipinski definition) is 3. The largest absolute Gasteiger partial charge is 0.378 e. The van der Waals surface area contributed by atoms with Crippen molar-refractivity contribution in [2.75, 3.05) is 26.2 Å². The topological polar surface area (TPSA) is 55.3 Å². The molecule has 3 heteroatoms. The third kappa shape index (κ3) is 17.6. The molecule has 0 saturated heterocycles. The summed E-state index contributed by atoms with van der Waals surface area (Å²) in [5, 5.41) is 0. The predicted molar refractivity (Wildman–Crippen MR) is 105 cm³/mol. The zero-order valence-electron chi connectivity index (χ0n) is 15.8. The van der Waals surface area contributed by atoms with E-state index >= 15 is 0 Å². The summed E-state index contributed by atoms with van der Waals surface area (Å²) in [6, 6.07) is 0. The molecule has 23 heavy (non-hydrogen) atoms. The molecule has 4 N–H and O–H groups in total. The minimum atomic E-state index is 0.623. The van der Waals surface area contributed by atoms with Crippen molar-refractivity contribution in [3.8, 4) is 0 Å². The van der Waals surface area contributed by atoms with E-state index in [0.717, 1.165) is 26.1 Å². The van der Waals surface area contributed by atoms with E-state index in [-0.39, 0.29) is 0 Å². The molecule has 0 bridgehead atoms. The first-order valence-electron chi connectivity index (χ1n) is 10.2. The van der Waals surface area contributed by atoms with Gasteiger partial charge in [-0.25, -0.2) is 0 Å². The van der Waals surface area contributed by atoms with Crippen LogP contribution >= 0.6 is 0 Å². The third-order valence-corrected chi connectivity index (χ3v) is 4.40. The molecule has 0 spiro atoms. The van der Waals surface area contributed by atoms with Crippen molar-refractivity contribution in [2.24, 2.45) is 11.5 Å². The Balaban J connectivity index is 3.36. The molecule has 0 aliphatic heterocycles. The molecule has 0 unspecified atom stereocenters. The molecule has 0 aliphatic carbocycles. The van der Waals surface area contributed by atoms with Gasteiger partial charge in [-0.05, 0) is 25.6 Å². The maximum atomic E-state index is 5.60. The highest BCUT2D eigenvalue weighted by molar-refractivity contribution is 4.83. The van der Waals surface area contributed by atoms with Crippen molar-refractivity contribution < 1.29 is 0 Å². The molecule has 0 saturated carbocycles. The quantitative estimate of drug-likeness (QED) is 0.356. The second kappa shape index (κ2) is 19.5. The Morgan fingerprint density at radius 3 is 1.61 bits per heavy atom. The zero-order valence-corrected chi connectivity index (χ0v) is 15.8. The van der Waals surface area contributed by atoms with Gasteiger partial charge in [0.25, 0.3) is 0 Å². The summed E-state index contributed by atoms with van der Waals surface area (Å²) < 4.78 is 0. The summed E-state index contributed by atoms with van der Waals surface area (Å²) in [5.41, 5.74) is 11.1. The number of rotatable bonds is 18. The minimum Gasteiger partial charge on any atom is -0.378 e. The molecule has 0 radical (unpaired) electrons. The van der Waals surface area contributed by atoms with Crippen molar-refractivity contribution in [1.29, 1.82) is 0 Å². The van der Waals surface area contributed by atoms with E-state index in [9.17, 15) is 0 Å². The summed E-state index contributed by atoms with van der Waals surface area (Å²) in [4.78, 5) is 2.37. The van der Waals surface area contributed by atoms with Crippen LogP contribution in [0.3, 0.4) is 0 Å². The SMILES string of the molecule is CCCCCCCCCCCCCCN(C=CCN)CCCN. The van der Waals surface area contributed by atoms with Crippen LogP contribution in [0.5, 0.6) is 0 Å². The number of nitrogens with zero attached hydrogens (tertiary/aromatic N) is 1. The fraction of sp³-hybridized carbons (Fsp3) is 0.900. The molecule has 0 aliphatic rings. The van der Waals surface area contributed by atoms with E-state index < -0.39 is 0 Å². The normalized spacial score (nSPS) is 11.4. The van der Waals surface area contributed by atoms with Crippen LogP contribution in [0.25, 0.3) is 0 Å². The van der Waals surface area contributed by atoms with Crippen LogP contribution in [-0.4, -0.2) is 31.1 Å². The predicted octanol–water partition coefficient (Wildman–Crippen LogP) is 4.81. The standard InChI is InChI=1S/C20H43N3/c1-2-3-4-5-6-7-8-9-10-11-12-13-18-23(19-14-16-21)20-15-17-22/h14,19H,2-13,15-18,20-22H2,1H3. The first kappa shape index (κ1) is 22.5. The van der Waals surface area contributed by atoms with Gasteiger partial charge in [0.2, 0.25) is 0 Å². The van der Waals surface area contributed by atoms with Gasteiger partial charge in [0.05, 0.1) is 0 Å². The lowest BCUT2D eigenvalue weighted by molar-refractivity contribution is 0.357. The van der Waals surface area contributed by atoms with Crippen LogP contribution in [-0.2, 0) is 0 Å². The van der Waals surface area contributed by atoms with Crippen molar-refractivity contribution in [2.45, 2.75) is 90.4 Å². The Morgan fingerprint density at radius 1 is 0.652 bits per heavy atom. The molecule has 138 valence electrons. The molecule has 0 aromatic carbocycles. The minimum absolute atomic E-state index is 0.623. The molecule has 0 aromatic heterocycles. The van der Waals surface area contributed by atoms with Gasteiger partial charge in [0.1, 0.15) is 0 Å². The van der Waals surface area contributed by atoms with E-state index in [0.29, 0.717) is 6.54 Å². The fourth-order valence-corrected chi connectivity index (χ4v) is 2.92. The first-order chi connectivity index (χ1) is 11.3. The van der Waals surface area contributed by atoms with Crippen molar-refractivity contribution in [3.63, 3.8) is 0 Å². The lowest BCUT2D eigenvalue weighted by Crippen LogP contribution is -2.22. The molecule has 0 aromatic rings. The summed E-state index contributed by atoms with van der Waals surface area (Å²) in [7, 11) is 0. The third-order valence-electron chi connectivity index (χ3n) is 4.40. The van der Waals surface area contributed by atoms with Gasteiger partial charge in [-0.3, -0.25) is 0 Å². The van der Waals surface area contributed by atoms with Gasteiger partial charge in [0, 0.05) is 19.6 Å². The highest BCUT2D eigenvalue weighted by Crippen LogP contribution is 2.12. The van der Waals surface area contributed by atoms with Gasteiger partial charge in [-0.15, -0.1) is 0 Å². The number of nitrogens with two attached hydrogens (primary N) is 2. The fourth-order valence-electron chi connectivity index (χ4n) is 2.92. The summed E-state index contributed by atoms with van der Waals surface area (Å²) >= 11 is 0. The second-order valence-electron chi connectivity index (χ2n) is 6.69. The van der Waals surface area contributed by atoms with E-state index in [1.807, 2.05) is 6.08 Å². The van der Waals surface area contributed by atoms with Gasteiger partial charge < -0.3 is 16.4 Å². The smallest absolute Gasteiger partial charge is 0.0184 e. The van der Waals surface area contributed by atoms with E-state index in [2.05, 4.69) is 18.0 Å². The lowest BCUT2D eigenvalue weighted by atomic mass is 10.1. The first-order valence-corrected chi connectivity index (χ1v) is 10.2. The summed E-state index contributed by atoms with van der Waals surface area (Å²) in [5.74, 6) is 0. The van der Waals surface area contributed by atoms with Gasteiger partial charge in [-0.2, -0.15) is 0 Å². The second-order valence-corrected chi connectivity index (χ2v) is 6.69. The lowest BCUT2D eigenvalue weighted by Gasteiger charge is -2.20. The van der Waals surface area contributed by atoms with Gasteiger partial charge in [-0.1, -0.05) is 83.6 Å². The molecule has 0 rings (SSSR count).